The summed E-state index contributed by atoms with van der Waals surface area (Å²) in [4.78, 5) is 2.31. The molecule has 0 atom stereocenters. The highest BCUT2D eigenvalue weighted by Crippen LogP contribution is 2.15. The number of hydrogen-bond donors (Lipinski definition) is 2. The van der Waals surface area contributed by atoms with E-state index in [1.54, 1.807) is 0 Å². The summed E-state index contributed by atoms with van der Waals surface area (Å²) in [6.07, 6.45) is 22.1. The highest BCUT2D eigenvalue weighted by atomic mass is 16.3. The largest absolute Gasteiger partial charge is 0.392 e. The van der Waals surface area contributed by atoms with Crippen molar-refractivity contribution in [2.75, 3.05) is 39.4 Å². The molecule has 0 saturated heterocycles. The first-order chi connectivity index (χ1) is 13.8. The third-order valence-corrected chi connectivity index (χ3v) is 6.11. The zero-order valence-corrected chi connectivity index (χ0v) is 18.8. The standard InChI is InChI=1S/C24H49N2O2/c1-2-3-4-5-6-7-8-9-10-11-12-13-14-15-16-17-24-25(20-22-27)18-19-26(24)21-23-28/h27-28H,2-23H2,1H3/q+1. The van der Waals surface area contributed by atoms with E-state index in [0.717, 1.165) is 32.6 Å². The molecule has 0 aliphatic carbocycles. The second kappa shape index (κ2) is 18.4. The van der Waals surface area contributed by atoms with Crippen molar-refractivity contribution in [1.82, 2.24) is 4.90 Å². The number of β-amino-alcohol motifs (C(OH)–C–C–N with tert-alkyl or cyclic N) is 2. The average molecular weight is 398 g/mol. The maximum Gasteiger partial charge on any atom is 0.247 e. The minimum atomic E-state index is 0.218. The molecule has 2 N–H and O–H groups in total. The van der Waals surface area contributed by atoms with Gasteiger partial charge in [-0.15, -0.1) is 0 Å². The molecule has 0 aromatic carbocycles. The van der Waals surface area contributed by atoms with Crippen LogP contribution in [0.3, 0.4) is 0 Å². The molecular formula is C24H49N2O2+. The highest BCUT2D eigenvalue weighted by Gasteiger charge is 2.28. The van der Waals surface area contributed by atoms with Crippen LogP contribution in [0.25, 0.3) is 0 Å². The summed E-state index contributed by atoms with van der Waals surface area (Å²) in [6.45, 7) is 6.17. The Morgan fingerprint density at radius 1 is 0.714 bits per heavy atom. The number of nitrogens with zero attached hydrogens (tertiary/aromatic N) is 2. The summed E-state index contributed by atoms with van der Waals surface area (Å²) in [7, 11) is 0. The molecule has 4 nitrogen and oxygen atoms in total. The Kier molecular flexibility index (Phi) is 16.7. The number of unbranched alkanes of at least 4 members (excludes halogenated alkanes) is 14. The Balaban J connectivity index is 1.93. The molecule has 0 aromatic rings. The molecule has 0 radical (unpaired) electrons. The average Bonchev–Trinajstić information content (AvgIpc) is 3.07. The molecule has 1 aliphatic rings. The lowest BCUT2D eigenvalue weighted by molar-refractivity contribution is -0.521. The van der Waals surface area contributed by atoms with Crippen molar-refractivity contribution >= 4 is 5.84 Å². The molecule has 0 saturated carbocycles. The first kappa shape index (κ1) is 25.4. The van der Waals surface area contributed by atoms with Crippen LogP contribution in [0.2, 0.25) is 0 Å². The van der Waals surface area contributed by atoms with Crippen molar-refractivity contribution in [3.63, 3.8) is 0 Å². The molecule has 1 heterocycles. The fourth-order valence-electron chi connectivity index (χ4n) is 4.39. The molecule has 0 unspecified atom stereocenters. The fraction of sp³-hybridized carbons (Fsp3) is 0.958. The lowest BCUT2D eigenvalue weighted by Gasteiger charge is -2.12. The molecule has 1 aliphatic heterocycles. The number of aliphatic hydroxyl groups is 2. The zero-order chi connectivity index (χ0) is 20.3. The quantitative estimate of drug-likeness (QED) is 0.225. The van der Waals surface area contributed by atoms with Gasteiger partial charge in [0.05, 0.1) is 13.2 Å². The van der Waals surface area contributed by atoms with Crippen LogP contribution in [0.4, 0.5) is 0 Å². The monoisotopic (exact) mass is 397 g/mol. The first-order valence-corrected chi connectivity index (χ1v) is 12.4. The van der Waals surface area contributed by atoms with Gasteiger partial charge in [-0.05, 0) is 6.42 Å². The summed E-state index contributed by atoms with van der Waals surface area (Å²) in [5.41, 5.74) is 0. The van der Waals surface area contributed by atoms with Crippen LogP contribution in [0.1, 0.15) is 110 Å². The van der Waals surface area contributed by atoms with E-state index < -0.39 is 0 Å². The van der Waals surface area contributed by atoms with E-state index in [-0.39, 0.29) is 13.2 Å². The van der Waals surface area contributed by atoms with Gasteiger partial charge in [-0.25, -0.2) is 0 Å². The van der Waals surface area contributed by atoms with Crippen LogP contribution in [-0.2, 0) is 0 Å². The van der Waals surface area contributed by atoms with Gasteiger partial charge in [0, 0.05) is 6.42 Å². The third-order valence-electron chi connectivity index (χ3n) is 6.11. The smallest absolute Gasteiger partial charge is 0.247 e. The zero-order valence-electron chi connectivity index (χ0n) is 18.8. The Morgan fingerprint density at radius 3 is 1.68 bits per heavy atom. The number of rotatable bonds is 20. The van der Waals surface area contributed by atoms with Crippen LogP contribution in [0, 0.1) is 0 Å². The minimum absolute atomic E-state index is 0.218. The van der Waals surface area contributed by atoms with Crippen molar-refractivity contribution < 1.29 is 14.8 Å². The lowest BCUT2D eigenvalue weighted by atomic mass is 10.0. The van der Waals surface area contributed by atoms with Gasteiger partial charge in [-0.2, -0.15) is 0 Å². The SMILES string of the molecule is CCCCCCCCCCCCCCCCCC1=[N+](CCO)CCN1CCO. The Labute approximate surface area is 175 Å². The van der Waals surface area contributed by atoms with E-state index in [1.807, 2.05) is 0 Å². The van der Waals surface area contributed by atoms with Crippen LogP contribution in [0.5, 0.6) is 0 Å². The lowest BCUT2D eigenvalue weighted by Crippen LogP contribution is -2.32. The van der Waals surface area contributed by atoms with Crippen LogP contribution < -0.4 is 0 Å². The van der Waals surface area contributed by atoms with Gasteiger partial charge in [0.1, 0.15) is 26.2 Å². The van der Waals surface area contributed by atoms with E-state index in [0.29, 0.717) is 0 Å². The molecule has 166 valence electrons. The molecule has 1 rings (SSSR count). The van der Waals surface area contributed by atoms with E-state index in [2.05, 4.69) is 16.4 Å². The summed E-state index contributed by atoms with van der Waals surface area (Å²) in [5, 5.41) is 18.5. The molecular weight excluding hydrogens is 348 g/mol. The third kappa shape index (κ3) is 12.1. The number of amidine groups is 1. The Bertz CT molecular complexity index is 385. The van der Waals surface area contributed by atoms with Crippen molar-refractivity contribution in [2.45, 2.75) is 110 Å². The molecule has 0 bridgehead atoms. The number of aliphatic hydroxyl groups excluding tert-OH is 2. The van der Waals surface area contributed by atoms with Gasteiger partial charge in [-0.3, -0.25) is 9.48 Å². The van der Waals surface area contributed by atoms with Crippen molar-refractivity contribution in [2.24, 2.45) is 0 Å². The van der Waals surface area contributed by atoms with E-state index in [1.165, 1.54) is 102 Å². The summed E-state index contributed by atoms with van der Waals surface area (Å²) >= 11 is 0. The summed E-state index contributed by atoms with van der Waals surface area (Å²) in [6, 6.07) is 0. The van der Waals surface area contributed by atoms with Crippen LogP contribution in [0.15, 0.2) is 0 Å². The van der Waals surface area contributed by atoms with Crippen LogP contribution in [-0.4, -0.2) is 64.9 Å². The van der Waals surface area contributed by atoms with E-state index in [4.69, 9.17) is 0 Å². The van der Waals surface area contributed by atoms with Crippen molar-refractivity contribution in [3.05, 3.63) is 0 Å². The number of hydrogen-bond acceptors (Lipinski definition) is 3. The molecule has 0 amide bonds. The predicted molar refractivity (Wildman–Crippen MR) is 120 cm³/mol. The molecule has 0 aromatic heterocycles. The van der Waals surface area contributed by atoms with Gasteiger partial charge in [0.25, 0.3) is 0 Å². The van der Waals surface area contributed by atoms with Gasteiger partial charge in [0.15, 0.2) is 0 Å². The molecule has 0 spiro atoms. The highest BCUT2D eigenvalue weighted by molar-refractivity contribution is 5.78. The Morgan fingerprint density at radius 2 is 1.21 bits per heavy atom. The van der Waals surface area contributed by atoms with E-state index >= 15 is 0 Å². The molecule has 0 fully saturated rings. The summed E-state index contributed by atoms with van der Waals surface area (Å²) < 4.78 is 2.31. The van der Waals surface area contributed by atoms with Gasteiger partial charge in [0.2, 0.25) is 5.84 Å². The fourth-order valence-corrected chi connectivity index (χ4v) is 4.39. The van der Waals surface area contributed by atoms with Gasteiger partial charge >= 0.3 is 0 Å². The van der Waals surface area contributed by atoms with Crippen molar-refractivity contribution in [1.29, 1.82) is 0 Å². The first-order valence-electron chi connectivity index (χ1n) is 12.4. The molecule has 28 heavy (non-hydrogen) atoms. The second-order valence-corrected chi connectivity index (χ2v) is 8.54. The Hall–Kier alpha value is -0.610. The van der Waals surface area contributed by atoms with Crippen molar-refractivity contribution in [3.8, 4) is 0 Å². The predicted octanol–water partition coefficient (Wildman–Crippen LogP) is 4.96. The minimum Gasteiger partial charge on any atom is -0.392 e. The second-order valence-electron chi connectivity index (χ2n) is 8.54. The van der Waals surface area contributed by atoms with Crippen LogP contribution >= 0.6 is 0 Å². The summed E-state index contributed by atoms with van der Waals surface area (Å²) in [5.74, 6) is 1.35. The maximum atomic E-state index is 9.24. The maximum absolute atomic E-state index is 9.24. The topological polar surface area (TPSA) is 46.7 Å². The normalized spacial score (nSPS) is 14.5. The molecule has 4 heteroatoms. The van der Waals surface area contributed by atoms with E-state index in [9.17, 15) is 10.2 Å². The van der Waals surface area contributed by atoms with Gasteiger partial charge in [-0.1, -0.05) is 96.8 Å². The van der Waals surface area contributed by atoms with Gasteiger partial charge < -0.3 is 10.2 Å².